The predicted molar refractivity (Wildman–Crippen MR) is 64.7 cm³/mol. The first-order valence-corrected chi connectivity index (χ1v) is 5.64. The predicted octanol–water partition coefficient (Wildman–Crippen LogP) is 2.90. The van der Waals surface area contributed by atoms with Crippen molar-refractivity contribution in [2.24, 2.45) is 5.73 Å². The first-order chi connectivity index (χ1) is 7.36. The van der Waals surface area contributed by atoms with E-state index in [1.165, 1.54) is 29.4 Å². The van der Waals surface area contributed by atoms with E-state index in [9.17, 15) is 0 Å². The second-order valence-electron chi connectivity index (χ2n) is 3.90. The Bertz CT molecular complexity index is 443. The van der Waals surface area contributed by atoms with E-state index < -0.39 is 0 Å². The fraction of sp³-hybridized carbons (Fsp3) is 0.385. The second-order valence-corrected chi connectivity index (χ2v) is 3.90. The van der Waals surface area contributed by atoms with E-state index in [0.717, 1.165) is 6.54 Å². The van der Waals surface area contributed by atoms with Crippen LogP contribution in [0.1, 0.15) is 25.5 Å². The largest absolute Gasteiger partial charge is 0.343 e. The molecule has 0 amide bonds. The summed E-state index contributed by atoms with van der Waals surface area (Å²) < 4.78 is 2.35. The summed E-state index contributed by atoms with van der Waals surface area (Å²) in [4.78, 5) is 0. The molecule has 2 heteroatoms. The first-order valence-electron chi connectivity index (χ1n) is 5.64. The van der Waals surface area contributed by atoms with E-state index in [0.29, 0.717) is 6.54 Å². The summed E-state index contributed by atoms with van der Waals surface area (Å²) in [7, 11) is 0. The van der Waals surface area contributed by atoms with E-state index in [4.69, 9.17) is 5.73 Å². The molecule has 80 valence electrons. The zero-order chi connectivity index (χ0) is 10.7. The third kappa shape index (κ3) is 1.90. The van der Waals surface area contributed by atoms with Crippen molar-refractivity contribution in [1.82, 2.24) is 4.57 Å². The lowest BCUT2D eigenvalue weighted by Crippen LogP contribution is -2.07. The number of nitrogens with zero attached hydrogens (tertiary/aromatic N) is 1. The van der Waals surface area contributed by atoms with Crippen LogP contribution in [-0.2, 0) is 13.1 Å². The summed E-state index contributed by atoms with van der Waals surface area (Å²) in [5.41, 5.74) is 8.32. The van der Waals surface area contributed by atoms with Gasteiger partial charge in [-0.05, 0) is 23.9 Å². The van der Waals surface area contributed by atoms with Crippen molar-refractivity contribution >= 4 is 10.9 Å². The molecule has 1 aromatic heterocycles. The average molecular weight is 202 g/mol. The molecule has 0 atom stereocenters. The lowest BCUT2D eigenvalue weighted by Gasteiger charge is -2.08. The van der Waals surface area contributed by atoms with Crippen LogP contribution in [0.25, 0.3) is 10.9 Å². The molecule has 0 aliphatic heterocycles. The Labute approximate surface area is 90.7 Å². The van der Waals surface area contributed by atoms with E-state index in [2.05, 4.69) is 41.8 Å². The van der Waals surface area contributed by atoms with Gasteiger partial charge in [0.1, 0.15) is 0 Å². The molecular weight excluding hydrogens is 184 g/mol. The minimum absolute atomic E-state index is 0.623. The number of para-hydroxylation sites is 1. The zero-order valence-corrected chi connectivity index (χ0v) is 9.24. The minimum Gasteiger partial charge on any atom is -0.343 e. The Morgan fingerprint density at radius 2 is 2.07 bits per heavy atom. The van der Waals surface area contributed by atoms with Crippen LogP contribution in [-0.4, -0.2) is 4.57 Å². The molecule has 2 aromatic rings. The van der Waals surface area contributed by atoms with E-state index in [-0.39, 0.29) is 0 Å². The maximum Gasteiger partial charge on any atom is 0.0482 e. The Kier molecular flexibility index (Phi) is 3.07. The highest BCUT2D eigenvalue weighted by atomic mass is 15.0. The van der Waals surface area contributed by atoms with Gasteiger partial charge in [-0.25, -0.2) is 0 Å². The maximum atomic E-state index is 5.77. The molecule has 0 spiro atoms. The highest BCUT2D eigenvalue weighted by Gasteiger charge is 2.05. The van der Waals surface area contributed by atoms with Crippen LogP contribution in [0.3, 0.4) is 0 Å². The Morgan fingerprint density at radius 1 is 1.27 bits per heavy atom. The topological polar surface area (TPSA) is 30.9 Å². The van der Waals surface area contributed by atoms with E-state index in [1.807, 2.05) is 0 Å². The molecule has 2 N–H and O–H groups in total. The van der Waals surface area contributed by atoms with Gasteiger partial charge in [-0.2, -0.15) is 0 Å². The highest BCUT2D eigenvalue weighted by molar-refractivity contribution is 5.81. The average Bonchev–Trinajstić information content (AvgIpc) is 2.64. The SMILES string of the molecule is CCCCn1c(CN)cc2ccccc21. The van der Waals surface area contributed by atoms with Crippen molar-refractivity contribution in [3.05, 3.63) is 36.0 Å². The molecule has 0 unspecified atom stereocenters. The fourth-order valence-electron chi connectivity index (χ4n) is 2.02. The number of fused-ring (bicyclic) bond motifs is 1. The molecule has 0 saturated carbocycles. The summed E-state index contributed by atoms with van der Waals surface area (Å²) in [6, 6.07) is 10.7. The van der Waals surface area contributed by atoms with Crippen molar-refractivity contribution in [2.75, 3.05) is 0 Å². The Morgan fingerprint density at radius 3 is 2.80 bits per heavy atom. The summed E-state index contributed by atoms with van der Waals surface area (Å²) in [6.45, 7) is 3.92. The van der Waals surface area contributed by atoms with E-state index >= 15 is 0 Å². The van der Waals surface area contributed by atoms with Gasteiger partial charge in [0.2, 0.25) is 0 Å². The highest BCUT2D eigenvalue weighted by Crippen LogP contribution is 2.20. The van der Waals surface area contributed by atoms with Crippen LogP contribution in [0.4, 0.5) is 0 Å². The number of hydrogen-bond donors (Lipinski definition) is 1. The number of hydrogen-bond acceptors (Lipinski definition) is 1. The van der Waals surface area contributed by atoms with E-state index in [1.54, 1.807) is 0 Å². The summed E-state index contributed by atoms with van der Waals surface area (Å²) in [6.07, 6.45) is 2.43. The third-order valence-corrected chi connectivity index (χ3v) is 2.84. The number of benzene rings is 1. The number of nitrogens with two attached hydrogens (primary N) is 1. The molecule has 0 aliphatic rings. The minimum atomic E-state index is 0.623. The molecule has 2 rings (SSSR count). The lowest BCUT2D eigenvalue weighted by atomic mass is 10.2. The van der Waals surface area contributed by atoms with Crippen LogP contribution in [0, 0.1) is 0 Å². The zero-order valence-electron chi connectivity index (χ0n) is 9.24. The molecule has 0 fully saturated rings. The van der Waals surface area contributed by atoms with Gasteiger partial charge >= 0.3 is 0 Å². The molecule has 15 heavy (non-hydrogen) atoms. The van der Waals surface area contributed by atoms with Gasteiger partial charge in [-0.1, -0.05) is 31.5 Å². The smallest absolute Gasteiger partial charge is 0.0482 e. The molecule has 1 aromatic carbocycles. The number of aromatic nitrogens is 1. The molecule has 1 heterocycles. The number of rotatable bonds is 4. The Hall–Kier alpha value is -1.28. The van der Waals surface area contributed by atoms with Crippen LogP contribution in [0.15, 0.2) is 30.3 Å². The normalized spacial score (nSPS) is 11.1. The maximum absolute atomic E-state index is 5.77. The van der Waals surface area contributed by atoms with Crippen molar-refractivity contribution in [1.29, 1.82) is 0 Å². The quantitative estimate of drug-likeness (QED) is 0.812. The van der Waals surface area contributed by atoms with Crippen molar-refractivity contribution in [3.8, 4) is 0 Å². The van der Waals surface area contributed by atoms with Gasteiger partial charge in [0.05, 0.1) is 0 Å². The van der Waals surface area contributed by atoms with Crippen molar-refractivity contribution in [2.45, 2.75) is 32.9 Å². The molecule has 0 saturated heterocycles. The standard InChI is InChI=1S/C13H18N2/c1-2-3-8-15-12(10-14)9-11-6-4-5-7-13(11)15/h4-7,9H,2-3,8,10,14H2,1H3. The van der Waals surface area contributed by atoms with Crippen molar-refractivity contribution < 1.29 is 0 Å². The number of aryl methyl sites for hydroxylation is 1. The van der Waals surface area contributed by atoms with Gasteiger partial charge in [0.25, 0.3) is 0 Å². The van der Waals surface area contributed by atoms with Gasteiger partial charge in [0.15, 0.2) is 0 Å². The Balaban J connectivity index is 2.47. The molecule has 0 aliphatic carbocycles. The van der Waals surface area contributed by atoms with Crippen LogP contribution >= 0.6 is 0 Å². The van der Waals surface area contributed by atoms with Crippen molar-refractivity contribution in [3.63, 3.8) is 0 Å². The first kappa shape index (κ1) is 10.2. The number of unbranched alkanes of at least 4 members (excludes halogenated alkanes) is 1. The van der Waals surface area contributed by atoms with Gasteiger partial charge < -0.3 is 10.3 Å². The van der Waals surface area contributed by atoms with Crippen LogP contribution < -0.4 is 5.73 Å². The second kappa shape index (κ2) is 4.49. The summed E-state index contributed by atoms with van der Waals surface area (Å²) in [5, 5.41) is 1.30. The third-order valence-electron chi connectivity index (χ3n) is 2.84. The monoisotopic (exact) mass is 202 g/mol. The van der Waals surface area contributed by atoms with Gasteiger partial charge in [-0.3, -0.25) is 0 Å². The van der Waals surface area contributed by atoms with Gasteiger partial charge in [0, 0.05) is 24.3 Å². The molecular formula is C13H18N2. The van der Waals surface area contributed by atoms with Crippen LogP contribution in [0.2, 0.25) is 0 Å². The summed E-state index contributed by atoms with van der Waals surface area (Å²) in [5.74, 6) is 0. The summed E-state index contributed by atoms with van der Waals surface area (Å²) >= 11 is 0. The molecule has 0 radical (unpaired) electrons. The van der Waals surface area contributed by atoms with Crippen LogP contribution in [0.5, 0.6) is 0 Å². The molecule has 2 nitrogen and oxygen atoms in total. The van der Waals surface area contributed by atoms with Gasteiger partial charge in [-0.15, -0.1) is 0 Å². The molecule has 0 bridgehead atoms. The fourth-order valence-corrected chi connectivity index (χ4v) is 2.02. The lowest BCUT2D eigenvalue weighted by molar-refractivity contribution is 0.626.